The summed E-state index contributed by atoms with van der Waals surface area (Å²) >= 11 is 0. The summed E-state index contributed by atoms with van der Waals surface area (Å²) in [5.74, 6) is 1.06. The number of hydrogen-bond acceptors (Lipinski definition) is 0. The molecule has 0 radical (unpaired) electrons. The van der Waals surface area contributed by atoms with Gasteiger partial charge in [-0.05, 0) is 63.4 Å². The topological polar surface area (TPSA) is 0 Å². The Bertz CT molecular complexity index is 1020. The summed E-state index contributed by atoms with van der Waals surface area (Å²) < 4.78 is 0. The highest BCUT2D eigenvalue weighted by Gasteiger charge is 2.35. The molecular formula is C24H18. The van der Waals surface area contributed by atoms with Crippen LogP contribution in [0.2, 0.25) is 0 Å². The Morgan fingerprint density at radius 3 is 2.58 bits per heavy atom. The zero-order chi connectivity index (χ0) is 15.7. The van der Waals surface area contributed by atoms with Crippen molar-refractivity contribution in [3.63, 3.8) is 0 Å². The van der Waals surface area contributed by atoms with E-state index in [2.05, 4.69) is 72.8 Å². The highest BCUT2D eigenvalue weighted by atomic mass is 14.4. The van der Waals surface area contributed by atoms with Crippen molar-refractivity contribution < 1.29 is 0 Å². The van der Waals surface area contributed by atoms with E-state index in [4.69, 9.17) is 0 Å². The second kappa shape index (κ2) is 4.48. The summed E-state index contributed by atoms with van der Waals surface area (Å²) in [5, 5.41) is 0. The monoisotopic (exact) mass is 306 g/mol. The lowest BCUT2D eigenvalue weighted by Crippen LogP contribution is -1.98. The number of rotatable bonds is 1. The van der Waals surface area contributed by atoms with Gasteiger partial charge in [-0.3, -0.25) is 0 Å². The van der Waals surface area contributed by atoms with Crippen molar-refractivity contribution >= 4 is 6.08 Å². The molecule has 0 aliphatic heterocycles. The lowest BCUT2D eigenvalue weighted by atomic mass is 9.88. The number of aryl methyl sites for hydroxylation is 1. The third-order valence-corrected chi connectivity index (χ3v) is 6.12. The summed E-state index contributed by atoms with van der Waals surface area (Å²) in [4.78, 5) is 0. The molecule has 3 aromatic rings. The van der Waals surface area contributed by atoms with E-state index in [1.807, 2.05) is 0 Å². The Labute approximate surface area is 142 Å². The molecule has 2 unspecified atom stereocenters. The van der Waals surface area contributed by atoms with Crippen LogP contribution in [0.1, 0.15) is 51.6 Å². The van der Waals surface area contributed by atoms with Crippen molar-refractivity contribution in [3.05, 3.63) is 100 Å². The predicted molar refractivity (Wildman–Crippen MR) is 99.4 cm³/mol. The first-order valence-corrected chi connectivity index (χ1v) is 8.93. The van der Waals surface area contributed by atoms with Crippen molar-refractivity contribution in [2.75, 3.05) is 0 Å². The first kappa shape index (κ1) is 12.8. The first-order valence-electron chi connectivity index (χ1n) is 8.93. The van der Waals surface area contributed by atoms with Crippen LogP contribution < -0.4 is 0 Å². The van der Waals surface area contributed by atoms with Gasteiger partial charge in [-0.2, -0.15) is 0 Å². The quantitative estimate of drug-likeness (QED) is 0.525. The third-order valence-electron chi connectivity index (χ3n) is 6.12. The smallest absolute Gasteiger partial charge is 0.0279 e. The highest BCUT2D eigenvalue weighted by molar-refractivity contribution is 5.82. The van der Waals surface area contributed by atoms with Gasteiger partial charge in [-0.1, -0.05) is 66.7 Å². The Hall–Kier alpha value is -2.60. The van der Waals surface area contributed by atoms with Crippen LogP contribution in [-0.4, -0.2) is 0 Å². The molecule has 24 heavy (non-hydrogen) atoms. The minimum absolute atomic E-state index is 0.412. The van der Waals surface area contributed by atoms with Crippen LogP contribution in [0.3, 0.4) is 0 Å². The first-order chi connectivity index (χ1) is 11.9. The predicted octanol–water partition coefficient (Wildman–Crippen LogP) is 5.90. The van der Waals surface area contributed by atoms with Gasteiger partial charge in [0.25, 0.3) is 0 Å². The fraction of sp³-hybridized carbons (Fsp3) is 0.167. The summed E-state index contributed by atoms with van der Waals surface area (Å²) in [6.07, 6.45) is 7.16. The highest BCUT2D eigenvalue weighted by Crippen LogP contribution is 2.53. The fourth-order valence-electron chi connectivity index (χ4n) is 5.10. The van der Waals surface area contributed by atoms with Crippen LogP contribution in [0, 0.1) is 0 Å². The second-order valence-electron chi connectivity index (χ2n) is 7.29. The third kappa shape index (κ3) is 1.54. The van der Waals surface area contributed by atoms with Crippen LogP contribution >= 0.6 is 0 Å². The normalized spacial score (nSPS) is 21.7. The number of fused-ring (bicyclic) bond motifs is 4. The molecule has 0 saturated heterocycles. The lowest BCUT2D eigenvalue weighted by Gasteiger charge is -2.15. The van der Waals surface area contributed by atoms with Gasteiger partial charge in [0.15, 0.2) is 0 Å². The van der Waals surface area contributed by atoms with Gasteiger partial charge >= 0.3 is 0 Å². The Kier molecular flexibility index (Phi) is 2.38. The van der Waals surface area contributed by atoms with E-state index < -0.39 is 0 Å². The Balaban J connectivity index is 1.58. The zero-order valence-corrected chi connectivity index (χ0v) is 13.5. The molecule has 0 bridgehead atoms. The molecular weight excluding hydrogens is 288 g/mol. The summed E-state index contributed by atoms with van der Waals surface area (Å²) in [5.41, 5.74) is 12.0. The van der Waals surface area contributed by atoms with Crippen LogP contribution in [0.4, 0.5) is 0 Å². The van der Waals surface area contributed by atoms with E-state index in [0.717, 1.165) is 0 Å². The van der Waals surface area contributed by atoms with Crippen molar-refractivity contribution in [2.45, 2.75) is 24.7 Å². The minimum Gasteiger partial charge on any atom is -0.0720 e. The van der Waals surface area contributed by atoms with Gasteiger partial charge in [0, 0.05) is 11.8 Å². The van der Waals surface area contributed by atoms with Gasteiger partial charge in [0.1, 0.15) is 0 Å². The second-order valence-corrected chi connectivity index (χ2v) is 7.29. The van der Waals surface area contributed by atoms with E-state index in [9.17, 15) is 0 Å². The van der Waals surface area contributed by atoms with Gasteiger partial charge in [0.05, 0.1) is 0 Å². The molecule has 3 aliphatic carbocycles. The molecule has 0 nitrogen and oxygen atoms in total. The number of allylic oxidation sites excluding steroid dienone is 1. The van der Waals surface area contributed by atoms with Gasteiger partial charge in [-0.15, -0.1) is 0 Å². The van der Waals surface area contributed by atoms with Gasteiger partial charge in [0.2, 0.25) is 0 Å². The fourth-order valence-corrected chi connectivity index (χ4v) is 5.10. The maximum Gasteiger partial charge on any atom is 0.0279 e. The molecule has 0 saturated carbocycles. The van der Waals surface area contributed by atoms with Gasteiger partial charge < -0.3 is 0 Å². The van der Waals surface area contributed by atoms with E-state index >= 15 is 0 Å². The maximum absolute atomic E-state index is 2.49. The molecule has 0 fully saturated rings. The molecule has 3 aromatic carbocycles. The summed E-state index contributed by atoms with van der Waals surface area (Å²) in [6.45, 7) is 0. The molecule has 3 aliphatic rings. The van der Waals surface area contributed by atoms with Crippen LogP contribution in [0.5, 0.6) is 0 Å². The lowest BCUT2D eigenvalue weighted by molar-refractivity contribution is 0.802. The van der Waals surface area contributed by atoms with Crippen molar-refractivity contribution in [2.24, 2.45) is 0 Å². The Morgan fingerprint density at radius 2 is 1.62 bits per heavy atom. The van der Waals surface area contributed by atoms with E-state index in [0.29, 0.717) is 11.8 Å². The average Bonchev–Trinajstić information content (AvgIpc) is 3.32. The van der Waals surface area contributed by atoms with Crippen molar-refractivity contribution in [1.82, 2.24) is 0 Å². The molecule has 0 heteroatoms. The van der Waals surface area contributed by atoms with Crippen LogP contribution in [0.25, 0.3) is 17.2 Å². The standard InChI is InChI=1S/C24H18/c1-2-6-18-15(5-1)9-11-19(18)17-13-16-10-12-22-20-7-3-4-8-21(20)23(14-17)24(16)22/h1-9,11,13-14,19,22H,10,12H2. The average molecular weight is 306 g/mol. The largest absolute Gasteiger partial charge is 0.0720 e. The van der Waals surface area contributed by atoms with E-state index in [1.165, 1.54) is 40.7 Å². The molecule has 0 spiro atoms. The minimum atomic E-state index is 0.412. The molecule has 0 aromatic heterocycles. The number of benzene rings is 3. The Morgan fingerprint density at radius 1 is 0.792 bits per heavy atom. The SMILES string of the molecule is C1=CC(c2cc3c4c(c2)-c2ccccc2C4CC3)c2ccccc21. The van der Waals surface area contributed by atoms with Crippen LogP contribution in [-0.2, 0) is 6.42 Å². The van der Waals surface area contributed by atoms with E-state index in [-0.39, 0.29) is 0 Å². The number of hydrogen-bond donors (Lipinski definition) is 0. The molecule has 0 N–H and O–H groups in total. The molecule has 0 amide bonds. The molecule has 2 atom stereocenters. The molecule has 114 valence electrons. The molecule has 0 heterocycles. The maximum atomic E-state index is 2.49. The summed E-state index contributed by atoms with van der Waals surface area (Å²) in [7, 11) is 0. The van der Waals surface area contributed by atoms with Gasteiger partial charge in [-0.25, -0.2) is 0 Å². The summed E-state index contributed by atoms with van der Waals surface area (Å²) in [6, 6.07) is 22.8. The van der Waals surface area contributed by atoms with Crippen LogP contribution in [0.15, 0.2) is 66.7 Å². The zero-order valence-electron chi connectivity index (χ0n) is 13.5. The molecule has 6 rings (SSSR count). The van der Waals surface area contributed by atoms with Crippen molar-refractivity contribution in [1.29, 1.82) is 0 Å². The van der Waals surface area contributed by atoms with Crippen molar-refractivity contribution in [3.8, 4) is 11.1 Å². The van der Waals surface area contributed by atoms with E-state index in [1.54, 1.807) is 16.7 Å².